The molecule has 1 saturated heterocycles. The highest BCUT2D eigenvalue weighted by atomic mass is 32.2. The first-order valence-corrected chi connectivity index (χ1v) is 6.78. The van der Waals surface area contributed by atoms with Gasteiger partial charge in [0.25, 0.3) is 10.2 Å². The molecule has 6 nitrogen and oxygen atoms in total. The molecule has 1 heterocycles. The van der Waals surface area contributed by atoms with E-state index in [-0.39, 0.29) is 12.5 Å². The van der Waals surface area contributed by atoms with Gasteiger partial charge in [-0.3, -0.25) is 4.79 Å². The molecule has 0 aromatic rings. The minimum Gasteiger partial charge on any atom is -0.480 e. The van der Waals surface area contributed by atoms with E-state index in [1.807, 2.05) is 13.8 Å². The smallest absolute Gasteiger partial charge is 0.322 e. The van der Waals surface area contributed by atoms with Crippen LogP contribution in [0.15, 0.2) is 0 Å². The van der Waals surface area contributed by atoms with Gasteiger partial charge < -0.3 is 5.11 Å². The maximum Gasteiger partial charge on any atom is 0.322 e. The van der Waals surface area contributed by atoms with Gasteiger partial charge in [0.2, 0.25) is 0 Å². The SMILES string of the molecule is CC(C)CNS(=O)(=O)N1CCC[C@H]1C(=O)O. The molecule has 0 aliphatic carbocycles. The third-order valence-electron chi connectivity index (χ3n) is 2.47. The summed E-state index contributed by atoms with van der Waals surface area (Å²) in [5.41, 5.74) is 0. The van der Waals surface area contributed by atoms with Crippen molar-refractivity contribution in [2.24, 2.45) is 5.92 Å². The Morgan fingerprint density at radius 2 is 2.19 bits per heavy atom. The maximum absolute atomic E-state index is 11.8. The summed E-state index contributed by atoms with van der Waals surface area (Å²) in [4.78, 5) is 10.9. The van der Waals surface area contributed by atoms with Crippen LogP contribution in [0.2, 0.25) is 0 Å². The Labute approximate surface area is 95.8 Å². The summed E-state index contributed by atoms with van der Waals surface area (Å²) < 4.78 is 27.1. The number of carboxylic acid groups (broad SMARTS) is 1. The van der Waals surface area contributed by atoms with Gasteiger partial charge in [-0.2, -0.15) is 12.7 Å². The summed E-state index contributed by atoms with van der Waals surface area (Å²) in [6.45, 7) is 4.39. The molecule has 1 rings (SSSR count). The van der Waals surface area contributed by atoms with Crippen LogP contribution in [0.25, 0.3) is 0 Å². The van der Waals surface area contributed by atoms with Gasteiger partial charge in [0.15, 0.2) is 0 Å². The van der Waals surface area contributed by atoms with E-state index in [1.54, 1.807) is 0 Å². The number of nitrogens with one attached hydrogen (secondary N) is 1. The van der Waals surface area contributed by atoms with Crippen molar-refractivity contribution in [3.05, 3.63) is 0 Å². The standard InChI is InChI=1S/C9H18N2O4S/c1-7(2)6-10-16(14,15)11-5-3-4-8(11)9(12)13/h7-8,10H,3-6H2,1-2H3,(H,12,13)/t8-/m0/s1. The van der Waals surface area contributed by atoms with Crippen LogP contribution < -0.4 is 4.72 Å². The van der Waals surface area contributed by atoms with Crippen molar-refractivity contribution in [2.75, 3.05) is 13.1 Å². The third-order valence-corrected chi connectivity index (χ3v) is 4.06. The van der Waals surface area contributed by atoms with Crippen molar-refractivity contribution in [3.8, 4) is 0 Å². The second kappa shape index (κ2) is 5.11. The largest absolute Gasteiger partial charge is 0.480 e. The molecule has 0 saturated carbocycles. The lowest BCUT2D eigenvalue weighted by molar-refractivity contribution is -0.140. The highest BCUT2D eigenvalue weighted by Gasteiger charge is 2.38. The number of rotatable bonds is 5. The Morgan fingerprint density at radius 1 is 1.56 bits per heavy atom. The molecule has 0 radical (unpaired) electrons. The third kappa shape index (κ3) is 3.16. The van der Waals surface area contributed by atoms with Gasteiger partial charge in [-0.05, 0) is 18.8 Å². The average molecular weight is 250 g/mol. The molecule has 0 aromatic heterocycles. The molecule has 16 heavy (non-hydrogen) atoms. The highest BCUT2D eigenvalue weighted by Crippen LogP contribution is 2.20. The number of hydrogen-bond donors (Lipinski definition) is 2. The lowest BCUT2D eigenvalue weighted by atomic mass is 10.2. The van der Waals surface area contributed by atoms with Crippen molar-refractivity contribution in [2.45, 2.75) is 32.7 Å². The molecular formula is C9H18N2O4S. The van der Waals surface area contributed by atoms with Crippen LogP contribution in [0.4, 0.5) is 0 Å². The van der Waals surface area contributed by atoms with Crippen LogP contribution in [0.5, 0.6) is 0 Å². The zero-order valence-corrected chi connectivity index (χ0v) is 10.3. The van der Waals surface area contributed by atoms with Crippen molar-refractivity contribution in [3.63, 3.8) is 0 Å². The Hall–Kier alpha value is -0.660. The van der Waals surface area contributed by atoms with E-state index in [1.165, 1.54) is 0 Å². The molecule has 1 atom stereocenters. The summed E-state index contributed by atoms with van der Waals surface area (Å²) in [5.74, 6) is -0.881. The summed E-state index contributed by atoms with van der Waals surface area (Å²) in [5, 5.41) is 8.89. The minimum atomic E-state index is -3.65. The minimum absolute atomic E-state index is 0.195. The second-order valence-electron chi connectivity index (χ2n) is 4.35. The Balaban J connectivity index is 2.71. The topological polar surface area (TPSA) is 86.7 Å². The van der Waals surface area contributed by atoms with Crippen LogP contribution >= 0.6 is 0 Å². The van der Waals surface area contributed by atoms with Crippen LogP contribution in [-0.4, -0.2) is 42.9 Å². The molecule has 0 unspecified atom stereocenters. The van der Waals surface area contributed by atoms with Crippen LogP contribution in [0.3, 0.4) is 0 Å². The fourth-order valence-electron chi connectivity index (χ4n) is 1.63. The molecule has 1 fully saturated rings. The van der Waals surface area contributed by atoms with Crippen molar-refractivity contribution in [1.29, 1.82) is 0 Å². The second-order valence-corrected chi connectivity index (χ2v) is 6.06. The van der Waals surface area contributed by atoms with E-state index >= 15 is 0 Å². The predicted molar refractivity (Wildman–Crippen MR) is 59.1 cm³/mol. The maximum atomic E-state index is 11.8. The van der Waals surface area contributed by atoms with E-state index in [0.29, 0.717) is 19.4 Å². The van der Waals surface area contributed by atoms with Crippen molar-refractivity contribution >= 4 is 16.2 Å². The average Bonchev–Trinajstić information content (AvgIpc) is 2.63. The Morgan fingerprint density at radius 3 is 2.69 bits per heavy atom. The first kappa shape index (κ1) is 13.4. The predicted octanol–water partition coefficient (Wildman–Crippen LogP) is 0.0258. The summed E-state index contributed by atoms with van der Waals surface area (Å²) >= 11 is 0. The van der Waals surface area contributed by atoms with Gasteiger partial charge in [-0.1, -0.05) is 13.8 Å². The summed E-state index contributed by atoms with van der Waals surface area (Å²) in [7, 11) is -3.65. The number of hydrogen-bond acceptors (Lipinski definition) is 3. The Bertz CT molecular complexity index is 353. The first-order chi connectivity index (χ1) is 7.34. The van der Waals surface area contributed by atoms with E-state index in [9.17, 15) is 13.2 Å². The fraction of sp³-hybridized carbons (Fsp3) is 0.889. The number of nitrogens with zero attached hydrogens (tertiary/aromatic N) is 1. The zero-order valence-electron chi connectivity index (χ0n) is 9.51. The first-order valence-electron chi connectivity index (χ1n) is 5.34. The molecule has 0 amide bonds. The summed E-state index contributed by atoms with van der Waals surface area (Å²) in [6, 6.07) is -0.912. The van der Waals surface area contributed by atoms with E-state index in [2.05, 4.69) is 4.72 Å². The van der Waals surface area contributed by atoms with Crippen LogP contribution in [0.1, 0.15) is 26.7 Å². The van der Waals surface area contributed by atoms with Gasteiger partial charge >= 0.3 is 5.97 Å². The molecule has 7 heteroatoms. The fourth-order valence-corrected chi connectivity index (χ4v) is 3.24. The van der Waals surface area contributed by atoms with Crippen molar-refractivity contribution in [1.82, 2.24) is 9.03 Å². The quantitative estimate of drug-likeness (QED) is 0.720. The normalized spacial score (nSPS) is 22.8. The van der Waals surface area contributed by atoms with Gasteiger partial charge in [-0.25, -0.2) is 4.72 Å². The van der Waals surface area contributed by atoms with E-state index < -0.39 is 22.2 Å². The molecule has 0 spiro atoms. The molecule has 2 N–H and O–H groups in total. The zero-order chi connectivity index (χ0) is 12.3. The molecule has 94 valence electrons. The monoisotopic (exact) mass is 250 g/mol. The van der Waals surface area contributed by atoms with Crippen LogP contribution in [0, 0.1) is 5.92 Å². The lowest BCUT2D eigenvalue weighted by Crippen LogP contribution is -2.47. The molecule has 1 aliphatic heterocycles. The van der Waals surface area contributed by atoms with Gasteiger partial charge in [0, 0.05) is 13.1 Å². The molecule has 0 bridgehead atoms. The van der Waals surface area contributed by atoms with Gasteiger partial charge in [0.1, 0.15) is 6.04 Å². The molecular weight excluding hydrogens is 232 g/mol. The van der Waals surface area contributed by atoms with E-state index in [4.69, 9.17) is 5.11 Å². The number of carboxylic acids is 1. The number of carbonyl (C=O) groups is 1. The molecule has 1 aliphatic rings. The Kier molecular flexibility index (Phi) is 4.28. The van der Waals surface area contributed by atoms with Crippen LogP contribution in [-0.2, 0) is 15.0 Å². The molecule has 0 aromatic carbocycles. The van der Waals surface area contributed by atoms with Gasteiger partial charge in [0.05, 0.1) is 0 Å². The number of aliphatic carboxylic acids is 1. The summed E-state index contributed by atoms with van der Waals surface area (Å²) in [6.07, 6.45) is 0.984. The van der Waals surface area contributed by atoms with Gasteiger partial charge in [-0.15, -0.1) is 0 Å². The van der Waals surface area contributed by atoms with Crippen molar-refractivity contribution < 1.29 is 18.3 Å². The highest BCUT2D eigenvalue weighted by molar-refractivity contribution is 7.87. The van der Waals surface area contributed by atoms with E-state index in [0.717, 1.165) is 4.31 Å². The lowest BCUT2D eigenvalue weighted by Gasteiger charge is -2.21.